The summed E-state index contributed by atoms with van der Waals surface area (Å²) >= 11 is 0. The number of nitrogens with one attached hydrogen (secondary N) is 1. The number of ether oxygens (including phenoxy) is 2. The molecule has 0 fully saturated rings. The molecule has 1 amide bonds. The highest BCUT2D eigenvalue weighted by atomic mass is 16.7. The van der Waals surface area contributed by atoms with Crippen molar-refractivity contribution in [1.82, 2.24) is 25.5 Å². The number of benzene rings is 2. The van der Waals surface area contributed by atoms with Crippen LogP contribution < -0.4 is 14.8 Å². The van der Waals surface area contributed by atoms with E-state index in [1.807, 2.05) is 44.2 Å². The topological polar surface area (TPSA) is 91.2 Å². The van der Waals surface area contributed by atoms with Crippen molar-refractivity contribution in [2.45, 2.75) is 26.4 Å². The van der Waals surface area contributed by atoms with E-state index >= 15 is 0 Å². The molecule has 1 aliphatic rings. The van der Waals surface area contributed by atoms with Gasteiger partial charge >= 0.3 is 0 Å². The van der Waals surface area contributed by atoms with E-state index in [1.54, 1.807) is 16.8 Å². The molecule has 8 heteroatoms. The summed E-state index contributed by atoms with van der Waals surface area (Å²) < 4.78 is 12.4. The van der Waals surface area contributed by atoms with Gasteiger partial charge in [0.2, 0.25) is 6.79 Å². The van der Waals surface area contributed by atoms with Crippen LogP contribution in [0.2, 0.25) is 0 Å². The Balaban J connectivity index is 1.48. The predicted octanol–water partition coefficient (Wildman–Crippen LogP) is 2.58. The smallest absolute Gasteiger partial charge is 0.251 e. The molecule has 0 bridgehead atoms. The zero-order chi connectivity index (χ0) is 18.8. The van der Waals surface area contributed by atoms with Crippen LogP contribution in [0.25, 0.3) is 11.4 Å². The first-order chi connectivity index (χ1) is 13.1. The standard InChI is InChI=1S/C19H19N5O3/c1-12(2)24-18(21-22-23-24)14-4-3-5-15(9-14)19(25)20-10-13-6-7-16-17(8-13)27-11-26-16/h3-9,12H,10-11H2,1-2H3,(H,20,25). The van der Waals surface area contributed by atoms with Crippen molar-refractivity contribution in [1.29, 1.82) is 0 Å². The van der Waals surface area contributed by atoms with Gasteiger partial charge in [0.25, 0.3) is 5.91 Å². The predicted molar refractivity (Wildman–Crippen MR) is 97.4 cm³/mol. The van der Waals surface area contributed by atoms with Gasteiger partial charge in [-0.15, -0.1) is 5.10 Å². The highest BCUT2D eigenvalue weighted by Crippen LogP contribution is 2.32. The number of carbonyl (C=O) groups is 1. The van der Waals surface area contributed by atoms with Crippen molar-refractivity contribution < 1.29 is 14.3 Å². The largest absolute Gasteiger partial charge is 0.454 e. The Morgan fingerprint density at radius 3 is 2.89 bits per heavy atom. The Bertz CT molecular complexity index is 983. The Labute approximate surface area is 156 Å². The van der Waals surface area contributed by atoms with Gasteiger partial charge < -0.3 is 14.8 Å². The van der Waals surface area contributed by atoms with Gasteiger partial charge in [-0.2, -0.15) is 0 Å². The van der Waals surface area contributed by atoms with E-state index in [0.717, 1.165) is 16.9 Å². The van der Waals surface area contributed by atoms with Gasteiger partial charge in [0.1, 0.15) is 0 Å². The molecule has 1 N–H and O–H groups in total. The Morgan fingerprint density at radius 1 is 1.19 bits per heavy atom. The second kappa shape index (κ2) is 7.06. The zero-order valence-electron chi connectivity index (χ0n) is 15.0. The maximum atomic E-state index is 12.6. The van der Waals surface area contributed by atoms with Crippen molar-refractivity contribution in [2.75, 3.05) is 6.79 Å². The minimum Gasteiger partial charge on any atom is -0.454 e. The Hall–Kier alpha value is -3.42. The molecule has 0 saturated carbocycles. The summed E-state index contributed by atoms with van der Waals surface area (Å²) in [4.78, 5) is 12.6. The fraction of sp³-hybridized carbons (Fsp3) is 0.263. The number of fused-ring (bicyclic) bond motifs is 1. The molecule has 1 aromatic heterocycles. The molecular weight excluding hydrogens is 346 g/mol. The van der Waals surface area contributed by atoms with Gasteiger partial charge in [-0.1, -0.05) is 18.2 Å². The molecule has 27 heavy (non-hydrogen) atoms. The van der Waals surface area contributed by atoms with Crippen LogP contribution in [0.1, 0.15) is 35.8 Å². The summed E-state index contributed by atoms with van der Waals surface area (Å²) in [6.45, 7) is 4.63. The number of nitrogens with zero attached hydrogens (tertiary/aromatic N) is 4. The maximum absolute atomic E-state index is 12.6. The van der Waals surface area contributed by atoms with Gasteiger partial charge in [-0.05, 0) is 54.1 Å². The molecule has 2 heterocycles. The minimum absolute atomic E-state index is 0.124. The zero-order valence-corrected chi connectivity index (χ0v) is 15.0. The van der Waals surface area contributed by atoms with Gasteiger partial charge in [-0.3, -0.25) is 4.79 Å². The third-order valence-electron chi connectivity index (χ3n) is 4.25. The average molecular weight is 365 g/mol. The molecule has 1 aliphatic heterocycles. The molecule has 138 valence electrons. The van der Waals surface area contributed by atoms with Crippen LogP contribution in [0.15, 0.2) is 42.5 Å². The molecule has 0 unspecified atom stereocenters. The van der Waals surface area contributed by atoms with E-state index in [2.05, 4.69) is 20.8 Å². The maximum Gasteiger partial charge on any atom is 0.251 e. The van der Waals surface area contributed by atoms with Crippen molar-refractivity contribution in [3.8, 4) is 22.9 Å². The van der Waals surface area contributed by atoms with Crippen LogP contribution in [0.3, 0.4) is 0 Å². The number of rotatable bonds is 5. The lowest BCUT2D eigenvalue weighted by Crippen LogP contribution is -2.22. The van der Waals surface area contributed by atoms with Crippen molar-refractivity contribution in [2.24, 2.45) is 0 Å². The number of aromatic nitrogens is 4. The van der Waals surface area contributed by atoms with Crippen LogP contribution in [0.4, 0.5) is 0 Å². The molecule has 0 radical (unpaired) electrons. The molecule has 0 saturated heterocycles. The highest BCUT2D eigenvalue weighted by molar-refractivity contribution is 5.95. The molecule has 0 aliphatic carbocycles. The summed E-state index contributed by atoms with van der Waals surface area (Å²) in [6.07, 6.45) is 0. The van der Waals surface area contributed by atoms with Crippen molar-refractivity contribution in [3.05, 3.63) is 53.6 Å². The van der Waals surface area contributed by atoms with Crippen LogP contribution in [-0.2, 0) is 6.54 Å². The van der Waals surface area contributed by atoms with Crippen LogP contribution in [0, 0.1) is 0 Å². The average Bonchev–Trinajstić information content (AvgIpc) is 3.35. The summed E-state index contributed by atoms with van der Waals surface area (Å²) in [6, 6.07) is 13.0. The van der Waals surface area contributed by atoms with Gasteiger partial charge in [0.05, 0.1) is 6.04 Å². The molecule has 8 nitrogen and oxygen atoms in total. The van der Waals surface area contributed by atoms with Gasteiger partial charge in [-0.25, -0.2) is 4.68 Å². The molecular formula is C19H19N5O3. The fourth-order valence-electron chi connectivity index (χ4n) is 2.87. The molecule has 3 aromatic rings. The van der Waals surface area contributed by atoms with Gasteiger partial charge in [0.15, 0.2) is 17.3 Å². The monoisotopic (exact) mass is 365 g/mol. The lowest BCUT2D eigenvalue weighted by Gasteiger charge is -2.09. The fourth-order valence-corrected chi connectivity index (χ4v) is 2.87. The third kappa shape index (κ3) is 3.46. The highest BCUT2D eigenvalue weighted by Gasteiger charge is 2.15. The number of amides is 1. The number of tetrazole rings is 1. The molecule has 0 atom stereocenters. The van der Waals surface area contributed by atoms with Crippen LogP contribution in [-0.4, -0.2) is 32.9 Å². The lowest BCUT2D eigenvalue weighted by atomic mass is 10.1. The Morgan fingerprint density at radius 2 is 2.04 bits per heavy atom. The third-order valence-corrected chi connectivity index (χ3v) is 4.25. The van der Waals surface area contributed by atoms with Gasteiger partial charge in [0, 0.05) is 17.7 Å². The molecule has 4 rings (SSSR count). The minimum atomic E-state index is -0.168. The van der Waals surface area contributed by atoms with Crippen LogP contribution in [0.5, 0.6) is 11.5 Å². The molecule has 0 spiro atoms. The summed E-state index contributed by atoms with van der Waals surface area (Å²) in [5.74, 6) is 1.89. The second-order valence-electron chi connectivity index (χ2n) is 6.49. The van der Waals surface area contributed by atoms with E-state index < -0.39 is 0 Å². The summed E-state index contributed by atoms with van der Waals surface area (Å²) in [5, 5.41) is 14.7. The quantitative estimate of drug-likeness (QED) is 0.747. The summed E-state index contributed by atoms with van der Waals surface area (Å²) in [5.41, 5.74) is 2.28. The molecule has 2 aromatic carbocycles. The SMILES string of the molecule is CC(C)n1nnnc1-c1cccc(C(=O)NCc2ccc3c(c2)OCO3)c1. The lowest BCUT2D eigenvalue weighted by molar-refractivity contribution is 0.0951. The summed E-state index contributed by atoms with van der Waals surface area (Å²) in [7, 11) is 0. The van der Waals surface area contributed by atoms with E-state index in [1.165, 1.54) is 0 Å². The Kier molecular flexibility index (Phi) is 4.45. The first kappa shape index (κ1) is 17.0. The van der Waals surface area contributed by atoms with E-state index in [4.69, 9.17) is 9.47 Å². The van der Waals surface area contributed by atoms with Crippen LogP contribution >= 0.6 is 0 Å². The number of hydrogen-bond donors (Lipinski definition) is 1. The first-order valence-electron chi connectivity index (χ1n) is 8.67. The van der Waals surface area contributed by atoms with Crippen molar-refractivity contribution in [3.63, 3.8) is 0 Å². The normalized spacial score (nSPS) is 12.4. The van der Waals surface area contributed by atoms with E-state index in [-0.39, 0.29) is 18.7 Å². The van der Waals surface area contributed by atoms with Crippen molar-refractivity contribution >= 4 is 5.91 Å². The number of hydrogen-bond acceptors (Lipinski definition) is 6. The second-order valence-corrected chi connectivity index (χ2v) is 6.49. The van der Waals surface area contributed by atoms with E-state index in [0.29, 0.717) is 23.7 Å². The first-order valence-corrected chi connectivity index (χ1v) is 8.67. The number of carbonyl (C=O) groups excluding carboxylic acids is 1. The van der Waals surface area contributed by atoms with E-state index in [9.17, 15) is 4.79 Å².